The average molecular weight is 566 g/mol. The zero-order chi connectivity index (χ0) is 29.6. The number of nitrogens with zero attached hydrogens (tertiary/aromatic N) is 5. The van der Waals surface area contributed by atoms with Gasteiger partial charge in [-0.1, -0.05) is 30.3 Å². The van der Waals surface area contributed by atoms with Crippen LogP contribution < -0.4 is 21.5 Å². The first kappa shape index (κ1) is 28.3. The Kier molecular flexibility index (Phi) is 8.42. The summed E-state index contributed by atoms with van der Waals surface area (Å²) in [7, 11) is 3.53. The highest BCUT2D eigenvalue weighted by atomic mass is 16.5. The largest absolute Gasteiger partial charge is 0.457 e. The number of amides is 1. The minimum absolute atomic E-state index is 0.0757. The number of methoxy groups -OCH3 is 1. The van der Waals surface area contributed by atoms with Crippen molar-refractivity contribution in [2.75, 3.05) is 31.8 Å². The number of rotatable bonds is 10. The summed E-state index contributed by atoms with van der Waals surface area (Å²) in [5.74, 6) is 1.17. The van der Waals surface area contributed by atoms with Gasteiger partial charge in [-0.25, -0.2) is 19.3 Å². The van der Waals surface area contributed by atoms with E-state index < -0.39 is 5.69 Å². The normalized spacial score (nSPS) is 12.2. The summed E-state index contributed by atoms with van der Waals surface area (Å²) in [6.07, 6.45) is 4.45. The van der Waals surface area contributed by atoms with Crippen molar-refractivity contribution >= 4 is 28.6 Å². The second-order valence-corrected chi connectivity index (χ2v) is 9.51. The maximum Gasteiger partial charge on any atom is 0.339 e. The van der Waals surface area contributed by atoms with Crippen LogP contribution in [0.2, 0.25) is 0 Å². The highest BCUT2D eigenvalue weighted by Crippen LogP contribution is 2.26. The molecule has 0 radical (unpaired) electrons. The number of imidazole rings is 1. The number of nitrogens with two attached hydrogens (primary N) is 1. The number of carbonyl (C=O) groups excluding carboxylic acids is 1. The van der Waals surface area contributed by atoms with E-state index in [1.54, 1.807) is 61.7 Å². The molecule has 214 valence electrons. The zero-order valence-electron chi connectivity index (χ0n) is 23.5. The van der Waals surface area contributed by atoms with Gasteiger partial charge in [0.2, 0.25) is 5.91 Å². The van der Waals surface area contributed by atoms with Gasteiger partial charge >= 0.3 is 5.69 Å². The molecule has 0 aliphatic carbocycles. The van der Waals surface area contributed by atoms with Crippen molar-refractivity contribution in [1.29, 1.82) is 0 Å². The Morgan fingerprint density at radius 1 is 1.00 bits per heavy atom. The number of para-hydroxylation sites is 1. The van der Waals surface area contributed by atoms with Gasteiger partial charge in [0.25, 0.3) is 0 Å². The summed E-state index contributed by atoms with van der Waals surface area (Å²) >= 11 is 0. The zero-order valence-corrected chi connectivity index (χ0v) is 23.5. The van der Waals surface area contributed by atoms with E-state index in [9.17, 15) is 9.59 Å². The predicted molar refractivity (Wildman–Crippen MR) is 162 cm³/mol. The van der Waals surface area contributed by atoms with E-state index in [0.717, 1.165) is 0 Å². The number of benzene rings is 3. The Balaban J connectivity index is 1.44. The monoisotopic (exact) mass is 565 g/mol. The number of fused-ring (bicyclic) bond motifs is 1. The molecule has 1 unspecified atom stereocenters. The van der Waals surface area contributed by atoms with E-state index in [4.69, 9.17) is 15.2 Å². The molecule has 0 aliphatic rings. The molecule has 1 atom stereocenters. The number of aromatic nitrogens is 4. The highest BCUT2D eigenvalue weighted by Gasteiger charge is 2.20. The third kappa shape index (κ3) is 6.07. The number of hydrogen-bond acceptors (Lipinski definition) is 8. The Morgan fingerprint density at radius 3 is 2.48 bits per heavy atom. The Morgan fingerprint density at radius 2 is 1.74 bits per heavy atom. The summed E-state index contributed by atoms with van der Waals surface area (Å²) in [5, 5.41) is 2.84. The van der Waals surface area contributed by atoms with Gasteiger partial charge in [0.15, 0.2) is 11.5 Å². The molecule has 0 saturated heterocycles. The fourth-order valence-corrected chi connectivity index (χ4v) is 4.37. The van der Waals surface area contributed by atoms with Crippen LogP contribution in [-0.4, -0.2) is 56.8 Å². The molecule has 11 heteroatoms. The minimum Gasteiger partial charge on any atom is -0.457 e. The maximum atomic E-state index is 13.9. The van der Waals surface area contributed by atoms with Crippen molar-refractivity contribution in [2.45, 2.75) is 13.2 Å². The second-order valence-electron chi connectivity index (χ2n) is 9.51. The van der Waals surface area contributed by atoms with Gasteiger partial charge in [0.1, 0.15) is 29.6 Å². The number of carbonyl (C=O) groups is 1. The number of hydrogen-bond donors (Lipinski definition) is 2. The van der Waals surface area contributed by atoms with Crippen LogP contribution in [0.4, 0.5) is 11.5 Å². The topological polar surface area (TPSA) is 130 Å². The van der Waals surface area contributed by atoms with E-state index >= 15 is 0 Å². The summed E-state index contributed by atoms with van der Waals surface area (Å²) in [6, 6.07) is 23.4. The van der Waals surface area contributed by atoms with Crippen LogP contribution in [0.15, 0.2) is 102 Å². The summed E-state index contributed by atoms with van der Waals surface area (Å²) in [6.45, 7) is 2.46. The number of nitrogens with one attached hydrogen (secondary N) is 1. The quantitative estimate of drug-likeness (QED) is 0.189. The van der Waals surface area contributed by atoms with Crippen LogP contribution in [-0.2, 0) is 9.53 Å². The Bertz CT molecular complexity index is 1780. The molecule has 0 bridgehead atoms. The molecule has 1 amide bonds. The van der Waals surface area contributed by atoms with Crippen LogP contribution in [0.1, 0.15) is 6.92 Å². The molecule has 2 aromatic heterocycles. The number of ether oxygens (including phenoxy) is 2. The van der Waals surface area contributed by atoms with Crippen molar-refractivity contribution in [1.82, 2.24) is 24.0 Å². The van der Waals surface area contributed by atoms with Gasteiger partial charge in [-0.2, -0.15) is 0 Å². The molecule has 3 N–H and O–H groups in total. The molecular weight excluding hydrogens is 534 g/mol. The minimum atomic E-state index is -0.396. The molecular formula is C31H31N7O4. The average Bonchev–Trinajstić information content (AvgIpc) is 3.30. The SMILES string of the molecule is COC(C)N(C)C/C=C/C(=O)Nc1cccc(-n2c(=O)n(-c3ccc(Oc4ccccc4)cc3)c3c(N)ncnc32)c1. The molecule has 5 rings (SSSR count). The van der Waals surface area contributed by atoms with Crippen LogP contribution in [0.3, 0.4) is 0 Å². The standard InChI is InChI=1S/C31H31N7O4/c1-21(41-3)36(2)18-8-13-27(39)35-22-9-7-10-24(19-22)38-30-28(29(32)33-20-34-30)37(31(38)40)23-14-16-26(17-15-23)42-25-11-5-4-6-12-25/h4-17,19-21H,18H2,1-3H3,(H,35,39)(H2,32,33,34)/b13-8+. The van der Waals surface area contributed by atoms with Crippen LogP contribution in [0.5, 0.6) is 11.5 Å². The lowest BCUT2D eigenvalue weighted by atomic mass is 10.2. The number of anilines is 2. The molecule has 5 aromatic rings. The van der Waals surface area contributed by atoms with Gasteiger partial charge in [0, 0.05) is 25.4 Å². The van der Waals surface area contributed by atoms with E-state index in [2.05, 4.69) is 15.3 Å². The number of nitrogen functional groups attached to an aromatic ring is 1. The molecule has 0 spiro atoms. The molecule has 0 saturated carbocycles. The lowest BCUT2D eigenvalue weighted by Gasteiger charge is -2.21. The van der Waals surface area contributed by atoms with E-state index in [1.165, 1.54) is 21.5 Å². The lowest BCUT2D eigenvalue weighted by Crippen LogP contribution is -2.30. The number of likely N-dealkylation sites (N-methyl/N-ethyl adjacent to an activating group) is 1. The van der Waals surface area contributed by atoms with Crippen LogP contribution >= 0.6 is 0 Å². The third-order valence-electron chi connectivity index (χ3n) is 6.72. The fourth-order valence-electron chi connectivity index (χ4n) is 4.37. The highest BCUT2D eigenvalue weighted by molar-refractivity contribution is 5.99. The fraction of sp³-hybridized carbons (Fsp3) is 0.161. The molecule has 2 heterocycles. The van der Waals surface area contributed by atoms with Crippen molar-refractivity contribution < 1.29 is 14.3 Å². The van der Waals surface area contributed by atoms with Gasteiger partial charge in [-0.3, -0.25) is 14.3 Å². The smallest absolute Gasteiger partial charge is 0.339 e. The third-order valence-corrected chi connectivity index (χ3v) is 6.72. The first-order valence-electron chi connectivity index (χ1n) is 13.2. The maximum absolute atomic E-state index is 13.9. The second kappa shape index (κ2) is 12.5. The van der Waals surface area contributed by atoms with Crippen LogP contribution in [0.25, 0.3) is 22.5 Å². The van der Waals surface area contributed by atoms with Gasteiger partial charge in [-0.15, -0.1) is 0 Å². The van der Waals surface area contributed by atoms with Crippen molar-refractivity contribution in [3.63, 3.8) is 0 Å². The molecule has 0 aliphatic heterocycles. The first-order chi connectivity index (χ1) is 20.4. The van der Waals surface area contributed by atoms with Gasteiger partial charge < -0.3 is 20.5 Å². The first-order valence-corrected chi connectivity index (χ1v) is 13.2. The predicted octanol–water partition coefficient (Wildman–Crippen LogP) is 4.36. The molecule has 0 fully saturated rings. The molecule has 3 aromatic carbocycles. The summed E-state index contributed by atoms with van der Waals surface area (Å²) < 4.78 is 14.1. The lowest BCUT2D eigenvalue weighted by molar-refractivity contribution is -0.111. The van der Waals surface area contributed by atoms with Crippen LogP contribution in [0, 0.1) is 0 Å². The Labute approximate surface area is 242 Å². The molecule has 42 heavy (non-hydrogen) atoms. The van der Waals surface area contributed by atoms with Crippen molar-refractivity contribution in [2.24, 2.45) is 0 Å². The van der Waals surface area contributed by atoms with Gasteiger partial charge in [0.05, 0.1) is 11.4 Å². The summed E-state index contributed by atoms with van der Waals surface area (Å²) in [5.41, 5.74) is 8.13. The Hall–Kier alpha value is -5.26. The van der Waals surface area contributed by atoms with E-state index in [1.807, 2.05) is 49.2 Å². The van der Waals surface area contributed by atoms with E-state index in [0.29, 0.717) is 46.3 Å². The van der Waals surface area contributed by atoms with Gasteiger partial charge in [-0.05, 0) is 68.6 Å². The van der Waals surface area contributed by atoms with Crippen molar-refractivity contribution in [3.8, 4) is 22.9 Å². The van der Waals surface area contributed by atoms with E-state index in [-0.39, 0.29) is 18.0 Å². The summed E-state index contributed by atoms with van der Waals surface area (Å²) in [4.78, 5) is 36.9. The van der Waals surface area contributed by atoms with Crippen molar-refractivity contribution in [3.05, 3.63) is 108 Å². The molecule has 11 nitrogen and oxygen atoms in total.